The standard InChI is InChI=1S/C8H12O2/c9-7-2-1-5-3-6(7)8(10)4-5/h5-7,9H,1-4H2/t5-,6-,7+/m1/s1. The summed E-state index contributed by atoms with van der Waals surface area (Å²) in [7, 11) is 0. The van der Waals surface area contributed by atoms with E-state index in [9.17, 15) is 9.90 Å². The van der Waals surface area contributed by atoms with Gasteiger partial charge in [0.15, 0.2) is 0 Å². The van der Waals surface area contributed by atoms with Crippen LogP contribution in [-0.4, -0.2) is 17.0 Å². The van der Waals surface area contributed by atoms with Crippen molar-refractivity contribution in [2.24, 2.45) is 11.8 Å². The molecule has 0 unspecified atom stereocenters. The van der Waals surface area contributed by atoms with E-state index in [1.807, 2.05) is 0 Å². The van der Waals surface area contributed by atoms with Crippen molar-refractivity contribution in [1.82, 2.24) is 0 Å². The third kappa shape index (κ3) is 0.788. The Kier molecular flexibility index (Phi) is 1.31. The highest BCUT2D eigenvalue weighted by atomic mass is 16.3. The van der Waals surface area contributed by atoms with Gasteiger partial charge in [-0.15, -0.1) is 0 Å². The maximum atomic E-state index is 11.1. The van der Waals surface area contributed by atoms with Crippen LogP contribution in [0.5, 0.6) is 0 Å². The molecule has 2 rings (SSSR count). The molecular weight excluding hydrogens is 128 g/mol. The molecule has 2 fully saturated rings. The van der Waals surface area contributed by atoms with Gasteiger partial charge in [0.1, 0.15) is 5.78 Å². The van der Waals surface area contributed by atoms with Crippen molar-refractivity contribution in [3.63, 3.8) is 0 Å². The van der Waals surface area contributed by atoms with Gasteiger partial charge in [-0.2, -0.15) is 0 Å². The fourth-order valence-electron chi connectivity index (χ4n) is 2.21. The minimum Gasteiger partial charge on any atom is -0.392 e. The summed E-state index contributed by atoms with van der Waals surface area (Å²) in [6, 6.07) is 0. The molecule has 0 aromatic heterocycles. The average Bonchev–Trinajstić information content (AvgIpc) is 2.21. The fraction of sp³-hybridized carbons (Fsp3) is 0.875. The molecule has 0 radical (unpaired) electrons. The number of hydrogen-bond acceptors (Lipinski definition) is 2. The molecule has 2 heteroatoms. The predicted octanol–water partition coefficient (Wildman–Crippen LogP) is 0.736. The number of rotatable bonds is 0. The molecule has 0 aromatic rings. The lowest BCUT2D eigenvalue weighted by molar-refractivity contribution is -0.123. The van der Waals surface area contributed by atoms with E-state index in [1.165, 1.54) is 0 Å². The van der Waals surface area contributed by atoms with Gasteiger partial charge in [-0.3, -0.25) is 4.79 Å². The molecule has 2 bridgehead atoms. The van der Waals surface area contributed by atoms with E-state index in [-0.39, 0.29) is 12.0 Å². The van der Waals surface area contributed by atoms with Crippen molar-refractivity contribution in [3.8, 4) is 0 Å². The van der Waals surface area contributed by atoms with Gasteiger partial charge in [-0.25, -0.2) is 0 Å². The maximum absolute atomic E-state index is 11.1. The minimum atomic E-state index is -0.314. The van der Waals surface area contributed by atoms with Crippen LogP contribution in [0.1, 0.15) is 25.7 Å². The normalized spacial score (nSPS) is 46.1. The van der Waals surface area contributed by atoms with Crippen LogP contribution in [0.2, 0.25) is 0 Å². The number of fused-ring (bicyclic) bond motifs is 2. The monoisotopic (exact) mass is 140 g/mol. The molecule has 0 spiro atoms. The van der Waals surface area contributed by atoms with Gasteiger partial charge in [-0.1, -0.05) is 0 Å². The number of aliphatic hydroxyl groups excluding tert-OH is 1. The van der Waals surface area contributed by atoms with Crippen LogP contribution in [0, 0.1) is 11.8 Å². The lowest BCUT2D eigenvalue weighted by Gasteiger charge is -2.22. The average molecular weight is 140 g/mol. The molecule has 2 nitrogen and oxygen atoms in total. The number of carbonyl (C=O) groups is 1. The quantitative estimate of drug-likeness (QED) is 0.538. The Balaban J connectivity index is 2.17. The zero-order valence-corrected chi connectivity index (χ0v) is 5.92. The molecule has 2 saturated carbocycles. The first-order chi connectivity index (χ1) is 4.77. The summed E-state index contributed by atoms with van der Waals surface area (Å²) < 4.78 is 0. The summed E-state index contributed by atoms with van der Waals surface area (Å²) in [6.45, 7) is 0. The van der Waals surface area contributed by atoms with Crippen molar-refractivity contribution >= 4 is 5.78 Å². The molecule has 0 saturated heterocycles. The minimum absolute atomic E-state index is 0.0127. The number of hydrogen-bond donors (Lipinski definition) is 1. The Bertz CT molecular complexity index is 165. The molecule has 2 aliphatic rings. The van der Waals surface area contributed by atoms with Crippen LogP contribution in [0.4, 0.5) is 0 Å². The first-order valence-electron chi connectivity index (χ1n) is 3.98. The molecule has 0 aromatic carbocycles. The van der Waals surface area contributed by atoms with Crippen molar-refractivity contribution in [2.45, 2.75) is 31.8 Å². The lowest BCUT2D eigenvalue weighted by atomic mass is 9.87. The first kappa shape index (κ1) is 6.35. The van der Waals surface area contributed by atoms with Gasteiger partial charge in [-0.05, 0) is 25.2 Å². The van der Waals surface area contributed by atoms with Crippen molar-refractivity contribution in [2.75, 3.05) is 0 Å². The van der Waals surface area contributed by atoms with Crippen molar-refractivity contribution in [1.29, 1.82) is 0 Å². The summed E-state index contributed by atoms with van der Waals surface area (Å²) in [5.74, 6) is 0.926. The van der Waals surface area contributed by atoms with Gasteiger partial charge in [0, 0.05) is 12.3 Å². The largest absolute Gasteiger partial charge is 0.392 e. The summed E-state index contributed by atoms with van der Waals surface area (Å²) in [5.41, 5.74) is 0. The number of ketones is 1. The van der Waals surface area contributed by atoms with E-state index in [0.29, 0.717) is 11.7 Å². The van der Waals surface area contributed by atoms with Crippen molar-refractivity contribution in [3.05, 3.63) is 0 Å². The van der Waals surface area contributed by atoms with Gasteiger partial charge in [0.25, 0.3) is 0 Å². The topological polar surface area (TPSA) is 37.3 Å². The van der Waals surface area contributed by atoms with Gasteiger partial charge in [0.2, 0.25) is 0 Å². The summed E-state index contributed by atoms with van der Waals surface area (Å²) in [6.07, 6.45) is 3.29. The van der Waals surface area contributed by atoms with Gasteiger partial charge >= 0.3 is 0 Å². The van der Waals surface area contributed by atoms with Crippen LogP contribution in [-0.2, 0) is 4.79 Å². The second kappa shape index (κ2) is 2.06. The zero-order chi connectivity index (χ0) is 7.14. The highest BCUT2D eigenvalue weighted by Crippen LogP contribution is 2.39. The van der Waals surface area contributed by atoms with Crippen molar-refractivity contribution < 1.29 is 9.90 Å². The second-order valence-electron chi connectivity index (χ2n) is 3.52. The molecule has 1 N–H and O–H groups in total. The molecule has 0 amide bonds. The smallest absolute Gasteiger partial charge is 0.138 e. The fourth-order valence-corrected chi connectivity index (χ4v) is 2.21. The number of carbonyl (C=O) groups excluding carboxylic acids is 1. The van der Waals surface area contributed by atoms with Gasteiger partial charge in [0.05, 0.1) is 6.10 Å². The predicted molar refractivity (Wildman–Crippen MR) is 36.5 cm³/mol. The Morgan fingerprint density at radius 3 is 2.90 bits per heavy atom. The van der Waals surface area contributed by atoms with Crippen LogP contribution < -0.4 is 0 Å². The van der Waals surface area contributed by atoms with E-state index in [2.05, 4.69) is 0 Å². The van der Waals surface area contributed by atoms with E-state index in [4.69, 9.17) is 0 Å². The maximum Gasteiger partial charge on any atom is 0.138 e. The van der Waals surface area contributed by atoms with Crippen LogP contribution in [0.15, 0.2) is 0 Å². The molecular formula is C8H12O2. The molecule has 0 heterocycles. The molecule has 3 atom stereocenters. The van der Waals surface area contributed by atoms with Crippen LogP contribution >= 0.6 is 0 Å². The third-order valence-electron chi connectivity index (χ3n) is 2.83. The summed E-state index contributed by atoms with van der Waals surface area (Å²) in [5, 5.41) is 9.35. The molecule has 56 valence electrons. The Morgan fingerprint density at radius 1 is 1.40 bits per heavy atom. The van der Waals surface area contributed by atoms with E-state index in [1.54, 1.807) is 0 Å². The zero-order valence-electron chi connectivity index (χ0n) is 5.92. The summed E-state index contributed by atoms with van der Waals surface area (Å²) in [4.78, 5) is 11.1. The summed E-state index contributed by atoms with van der Waals surface area (Å²) >= 11 is 0. The molecule has 0 aliphatic heterocycles. The second-order valence-corrected chi connectivity index (χ2v) is 3.52. The first-order valence-corrected chi connectivity index (χ1v) is 3.98. The van der Waals surface area contributed by atoms with E-state index >= 15 is 0 Å². The number of Topliss-reactive ketones (excluding diaryl/α,β-unsaturated/α-hetero) is 1. The number of aliphatic hydroxyl groups is 1. The van der Waals surface area contributed by atoms with E-state index < -0.39 is 0 Å². The molecule has 10 heavy (non-hydrogen) atoms. The Morgan fingerprint density at radius 2 is 2.20 bits per heavy atom. The van der Waals surface area contributed by atoms with Crippen LogP contribution in [0.25, 0.3) is 0 Å². The Labute approximate surface area is 60.2 Å². The third-order valence-corrected chi connectivity index (χ3v) is 2.83. The van der Waals surface area contributed by atoms with E-state index in [0.717, 1.165) is 25.7 Å². The Hall–Kier alpha value is -0.370. The lowest BCUT2D eigenvalue weighted by Crippen LogP contribution is -2.26. The van der Waals surface area contributed by atoms with Crippen LogP contribution in [0.3, 0.4) is 0 Å². The SMILES string of the molecule is O=C1C[C@@H]2CC[C@H](O)[C@H]1C2. The highest BCUT2D eigenvalue weighted by molar-refractivity contribution is 5.84. The van der Waals surface area contributed by atoms with Gasteiger partial charge < -0.3 is 5.11 Å². The molecule has 2 aliphatic carbocycles. The highest BCUT2D eigenvalue weighted by Gasteiger charge is 2.40.